The van der Waals surface area contributed by atoms with Crippen LogP contribution in [0.5, 0.6) is 0 Å². The van der Waals surface area contributed by atoms with Crippen molar-refractivity contribution in [1.82, 2.24) is 0 Å². The van der Waals surface area contributed by atoms with E-state index in [0.29, 0.717) is 17.4 Å². The molecule has 42 heavy (non-hydrogen) atoms. The molecule has 0 aromatic heterocycles. The Kier molecular flexibility index (Phi) is 24.6. The highest BCUT2D eigenvalue weighted by Crippen LogP contribution is 2.43. The van der Waals surface area contributed by atoms with E-state index in [1.165, 1.54) is 32.6 Å². The predicted molar refractivity (Wildman–Crippen MR) is 169 cm³/mol. The van der Waals surface area contributed by atoms with E-state index >= 15 is 0 Å². The number of ether oxygens (including phenoxy) is 2. The molecule has 10 heteroatoms. The van der Waals surface area contributed by atoms with Crippen LogP contribution in [0, 0.1) is 0 Å². The number of quaternary nitrogens is 1. The van der Waals surface area contributed by atoms with Gasteiger partial charge in [0.15, 0.2) is 6.10 Å². The monoisotopic (exact) mass is 616 g/mol. The second-order valence-electron chi connectivity index (χ2n) is 11.6. The van der Waals surface area contributed by atoms with Gasteiger partial charge in [-0.3, -0.25) is 18.6 Å². The minimum Gasteiger partial charge on any atom is -0.462 e. The Balaban J connectivity index is 4.01. The molecule has 2 atom stereocenters. The molecule has 0 rings (SSSR count). The van der Waals surface area contributed by atoms with Gasteiger partial charge in [-0.15, -0.1) is 0 Å². The number of unbranched alkanes of at least 4 members (excludes halogenated alkanes) is 9. The molecule has 9 nitrogen and oxygen atoms in total. The quantitative estimate of drug-likeness (QED) is 0.0333. The van der Waals surface area contributed by atoms with Crippen LogP contribution in [-0.2, 0) is 32.7 Å². The number of rotatable bonds is 27. The van der Waals surface area contributed by atoms with Crippen LogP contribution in [0.4, 0.5) is 0 Å². The Morgan fingerprint density at radius 2 is 1.33 bits per heavy atom. The average Bonchev–Trinajstić information content (AvgIpc) is 2.90. The van der Waals surface area contributed by atoms with Crippen molar-refractivity contribution in [2.45, 2.75) is 110 Å². The largest absolute Gasteiger partial charge is 0.472 e. The molecule has 2 unspecified atom stereocenters. The highest BCUT2D eigenvalue weighted by Gasteiger charge is 2.26. The SMILES string of the molecule is CCCCC/C=C\C/C=C\C/C=C\CCCCCCCCC(=O)OC(COC(C)=O)COP(=O)(O)OCC[N+](C)(C)C. The molecule has 0 fully saturated rings. The molecule has 0 heterocycles. The lowest BCUT2D eigenvalue weighted by Crippen LogP contribution is -2.37. The second kappa shape index (κ2) is 25.7. The van der Waals surface area contributed by atoms with E-state index < -0.39 is 32.5 Å². The van der Waals surface area contributed by atoms with Crippen molar-refractivity contribution >= 4 is 19.8 Å². The van der Waals surface area contributed by atoms with Crippen molar-refractivity contribution in [3.05, 3.63) is 36.5 Å². The molecule has 0 saturated carbocycles. The van der Waals surface area contributed by atoms with Crippen LogP contribution in [0.2, 0.25) is 0 Å². The maximum atomic E-state index is 12.3. The van der Waals surface area contributed by atoms with E-state index in [9.17, 15) is 19.0 Å². The third-order valence-corrected chi connectivity index (χ3v) is 7.22. The van der Waals surface area contributed by atoms with Crippen LogP contribution >= 0.6 is 7.82 Å². The summed E-state index contributed by atoms with van der Waals surface area (Å²) in [6.45, 7) is 3.31. The molecule has 0 amide bonds. The maximum Gasteiger partial charge on any atom is 0.472 e. The Morgan fingerprint density at radius 3 is 1.90 bits per heavy atom. The molecule has 0 aliphatic carbocycles. The first-order valence-corrected chi connectivity index (χ1v) is 17.1. The standard InChI is InChI=1S/C32H58NO8P/c1-6-7-8-9-10-11-12-13-14-15-16-17-18-19-20-21-22-23-24-25-32(35)41-31(28-38-30(2)34)29-40-42(36,37)39-27-26-33(3,4)5/h10-11,13-14,16-17,31H,6-9,12,15,18-29H2,1-5H3/p+1/b11-10-,14-13-,17-16-. The summed E-state index contributed by atoms with van der Waals surface area (Å²) in [5, 5.41) is 0. The number of allylic oxidation sites excluding steroid dienone is 6. The van der Waals surface area contributed by atoms with Gasteiger partial charge in [-0.05, 0) is 44.9 Å². The summed E-state index contributed by atoms with van der Waals surface area (Å²) in [5.41, 5.74) is 0. The van der Waals surface area contributed by atoms with Crippen LogP contribution < -0.4 is 0 Å². The number of hydrogen-bond acceptors (Lipinski definition) is 7. The van der Waals surface area contributed by atoms with Gasteiger partial charge in [0.05, 0.1) is 27.7 Å². The van der Waals surface area contributed by atoms with Gasteiger partial charge in [-0.1, -0.05) is 81.9 Å². The molecule has 1 N–H and O–H groups in total. The summed E-state index contributed by atoms with van der Waals surface area (Å²) >= 11 is 0. The summed E-state index contributed by atoms with van der Waals surface area (Å²) in [7, 11) is 1.45. The number of phosphoric ester groups is 1. The molecule has 244 valence electrons. The molecule has 0 bridgehead atoms. The first-order valence-electron chi connectivity index (χ1n) is 15.7. The van der Waals surface area contributed by atoms with Gasteiger partial charge < -0.3 is 18.9 Å². The van der Waals surface area contributed by atoms with E-state index in [2.05, 4.69) is 43.4 Å². The first kappa shape index (κ1) is 40.2. The predicted octanol–water partition coefficient (Wildman–Crippen LogP) is 7.45. The smallest absolute Gasteiger partial charge is 0.462 e. The van der Waals surface area contributed by atoms with Gasteiger partial charge >= 0.3 is 19.8 Å². The van der Waals surface area contributed by atoms with Gasteiger partial charge in [0.25, 0.3) is 0 Å². The zero-order valence-corrected chi connectivity index (χ0v) is 27.9. The van der Waals surface area contributed by atoms with Crippen LogP contribution in [0.15, 0.2) is 36.5 Å². The molecule has 0 aliphatic rings. The lowest BCUT2D eigenvalue weighted by Gasteiger charge is -2.24. The van der Waals surface area contributed by atoms with E-state index in [0.717, 1.165) is 51.4 Å². The van der Waals surface area contributed by atoms with Gasteiger partial charge in [-0.2, -0.15) is 0 Å². The van der Waals surface area contributed by atoms with Crippen LogP contribution in [0.25, 0.3) is 0 Å². The zero-order chi connectivity index (χ0) is 31.5. The van der Waals surface area contributed by atoms with Gasteiger partial charge in [0.2, 0.25) is 0 Å². The summed E-state index contributed by atoms with van der Waals surface area (Å²) in [6, 6.07) is 0. The molecule has 0 aromatic rings. The first-order chi connectivity index (χ1) is 19.9. The molecule has 0 aromatic carbocycles. The Bertz CT molecular complexity index is 835. The fourth-order valence-electron chi connectivity index (χ4n) is 3.74. The third kappa shape index (κ3) is 29.7. The van der Waals surface area contributed by atoms with Gasteiger partial charge in [-0.25, -0.2) is 4.57 Å². The highest BCUT2D eigenvalue weighted by atomic mass is 31.2. The number of esters is 2. The van der Waals surface area contributed by atoms with Crippen molar-refractivity contribution in [3.63, 3.8) is 0 Å². The number of carbonyl (C=O) groups is 2. The zero-order valence-electron chi connectivity index (χ0n) is 27.0. The Hall–Kier alpha value is -1.77. The molecule has 0 spiro atoms. The summed E-state index contributed by atoms with van der Waals surface area (Å²) in [5.74, 6) is -1.01. The van der Waals surface area contributed by atoms with Crippen molar-refractivity contribution in [2.75, 3.05) is 47.5 Å². The van der Waals surface area contributed by atoms with E-state index in [4.69, 9.17) is 18.5 Å². The fraction of sp³-hybridized carbons (Fsp3) is 0.750. The molecule has 0 radical (unpaired) electrons. The van der Waals surface area contributed by atoms with Crippen LogP contribution in [0.3, 0.4) is 0 Å². The van der Waals surface area contributed by atoms with E-state index in [-0.39, 0.29) is 19.6 Å². The van der Waals surface area contributed by atoms with Crippen LogP contribution in [0.1, 0.15) is 104 Å². The average molecular weight is 617 g/mol. The lowest BCUT2D eigenvalue weighted by atomic mass is 10.1. The number of phosphoric acid groups is 1. The number of nitrogens with zero attached hydrogens (tertiary/aromatic N) is 1. The molecule has 0 aliphatic heterocycles. The number of likely N-dealkylation sites (N-methyl/N-ethyl adjacent to an activating group) is 1. The minimum absolute atomic E-state index is 0.0253. The topological polar surface area (TPSA) is 108 Å². The third-order valence-electron chi connectivity index (χ3n) is 6.23. The van der Waals surface area contributed by atoms with Crippen molar-refractivity contribution < 1.29 is 42.1 Å². The molecule has 0 saturated heterocycles. The van der Waals surface area contributed by atoms with Gasteiger partial charge in [0.1, 0.15) is 19.8 Å². The normalized spacial score (nSPS) is 14.5. The number of carbonyl (C=O) groups excluding carboxylic acids is 2. The molecular weight excluding hydrogens is 557 g/mol. The van der Waals surface area contributed by atoms with Crippen LogP contribution in [-0.4, -0.2) is 74.9 Å². The summed E-state index contributed by atoms with van der Waals surface area (Å²) in [6.07, 6.45) is 26.9. The maximum absolute atomic E-state index is 12.3. The summed E-state index contributed by atoms with van der Waals surface area (Å²) < 4.78 is 32.9. The van der Waals surface area contributed by atoms with Gasteiger partial charge in [0, 0.05) is 13.3 Å². The lowest BCUT2D eigenvalue weighted by molar-refractivity contribution is -0.870. The Morgan fingerprint density at radius 1 is 0.786 bits per heavy atom. The van der Waals surface area contributed by atoms with Crippen molar-refractivity contribution in [1.29, 1.82) is 0 Å². The van der Waals surface area contributed by atoms with Crippen molar-refractivity contribution in [2.24, 2.45) is 0 Å². The number of hydrogen-bond donors (Lipinski definition) is 1. The Labute approximate surface area is 255 Å². The van der Waals surface area contributed by atoms with Crippen molar-refractivity contribution in [3.8, 4) is 0 Å². The fourth-order valence-corrected chi connectivity index (χ4v) is 4.49. The summed E-state index contributed by atoms with van der Waals surface area (Å²) in [4.78, 5) is 33.4. The van der Waals surface area contributed by atoms with E-state index in [1.807, 2.05) is 21.1 Å². The highest BCUT2D eigenvalue weighted by molar-refractivity contribution is 7.47. The second-order valence-corrected chi connectivity index (χ2v) is 13.0. The molecular formula is C32H59NO8P+. The minimum atomic E-state index is -4.33. The van der Waals surface area contributed by atoms with E-state index in [1.54, 1.807) is 0 Å².